The number of methoxy groups -OCH3 is 1. The summed E-state index contributed by atoms with van der Waals surface area (Å²) in [6.07, 6.45) is 0.0448. The van der Waals surface area contributed by atoms with Gasteiger partial charge in [-0.25, -0.2) is 4.79 Å². The highest BCUT2D eigenvalue weighted by molar-refractivity contribution is 5.86. The number of carbonyl (C=O) groups is 1. The Morgan fingerprint density at radius 2 is 2.42 bits per heavy atom. The molecule has 2 rings (SSSR count). The lowest BCUT2D eigenvalue weighted by molar-refractivity contribution is 0.0562. The van der Waals surface area contributed by atoms with E-state index in [4.69, 9.17) is 9.15 Å². The van der Waals surface area contributed by atoms with Crippen LogP contribution in [-0.2, 0) is 9.47 Å². The Bertz CT molecular complexity index is 298. The van der Waals surface area contributed by atoms with E-state index in [1.165, 1.54) is 7.11 Å². The van der Waals surface area contributed by atoms with Gasteiger partial charge < -0.3 is 13.9 Å². The summed E-state index contributed by atoms with van der Waals surface area (Å²) in [5.41, 5.74) is 0. The number of carbonyl (C=O) groups excluding carboxylic acids is 1. The molecule has 12 heavy (non-hydrogen) atoms. The van der Waals surface area contributed by atoms with E-state index in [0.717, 1.165) is 0 Å². The van der Waals surface area contributed by atoms with Crippen molar-refractivity contribution in [3.05, 3.63) is 23.7 Å². The van der Waals surface area contributed by atoms with Crippen molar-refractivity contribution in [2.45, 2.75) is 6.10 Å². The predicted molar refractivity (Wildman–Crippen MR) is 38.7 cm³/mol. The maximum Gasteiger partial charge on any atom is 0.373 e. The van der Waals surface area contributed by atoms with Crippen LogP contribution >= 0.6 is 0 Å². The van der Waals surface area contributed by atoms with Gasteiger partial charge in [0.25, 0.3) is 0 Å². The molecule has 0 amide bonds. The van der Waals surface area contributed by atoms with E-state index >= 15 is 0 Å². The Hall–Kier alpha value is -1.29. The lowest BCUT2D eigenvalue weighted by Gasteiger charge is -1.91. The molecule has 0 saturated carbocycles. The van der Waals surface area contributed by atoms with Crippen LogP contribution in [0.1, 0.15) is 22.4 Å². The summed E-state index contributed by atoms with van der Waals surface area (Å²) in [5, 5.41) is 0. The summed E-state index contributed by atoms with van der Waals surface area (Å²) in [5.74, 6) is 0.459. The molecule has 4 nitrogen and oxygen atoms in total. The molecule has 0 aromatic carbocycles. The van der Waals surface area contributed by atoms with Gasteiger partial charge in [0.2, 0.25) is 5.76 Å². The Kier molecular flexibility index (Phi) is 1.62. The Morgan fingerprint density at radius 1 is 1.67 bits per heavy atom. The van der Waals surface area contributed by atoms with Crippen molar-refractivity contribution in [3.63, 3.8) is 0 Å². The first-order chi connectivity index (χ1) is 5.81. The molecule has 0 N–H and O–H groups in total. The Labute approximate surface area is 69.1 Å². The number of esters is 1. The van der Waals surface area contributed by atoms with Crippen LogP contribution in [0.4, 0.5) is 0 Å². The molecule has 1 atom stereocenters. The van der Waals surface area contributed by atoms with Crippen molar-refractivity contribution in [2.75, 3.05) is 13.7 Å². The molecule has 1 aliphatic rings. The van der Waals surface area contributed by atoms with Gasteiger partial charge in [-0.1, -0.05) is 0 Å². The molecular weight excluding hydrogens is 160 g/mol. The summed E-state index contributed by atoms with van der Waals surface area (Å²) in [6, 6.07) is 3.31. The van der Waals surface area contributed by atoms with Crippen LogP contribution < -0.4 is 0 Å². The van der Waals surface area contributed by atoms with Crippen LogP contribution in [0.2, 0.25) is 0 Å². The molecule has 1 aromatic heterocycles. The van der Waals surface area contributed by atoms with Gasteiger partial charge in [0, 0.05) is 0 Å². The van der Waals surface area contributed by atoms with E-state index in [1.807, 2.05) is 0 Å². The third-order valence-corrected chi connectivity index (χ3v) is 1.66. The summed E-state index contributed by atoms with van der Waals surface area (Å²) in [4.78, 5) is 10.9. The fourth-order valence-electron chi connectivity index (χ4n) is 0.949. The number of hydrogen-bond donors (Lipinski definition) is 0. The molecule has 0 aliphatic carbocycles. The lowest BCUT2D eigenvalue weighted by atomic mass is 10.3. The summed E-state index contributed by atoms with van der Waals surface area (Å²) >= 11 is 0. The van der Waals surface area contributed by atoms with Crippen molar-refractivity contribution in [1.82, 2.24) is 0 Å². The van der Waals surface area contributed by atoms with Gasteiger partial charge in [0.15, 0.2) is 0 Å². The number of rotatable bonds is 2. The molecule has 4 heteroatoms. The second-order valence-electron chi connectivity index (χ2n) is 2.52. The first kappa shape index (κ1) is 7.36. The quantitative estimate of drug-likeness (QED) is 0.490. The first-order valence-electron chi connectivity index (χ1n) is 3.61. The lowest BCUT2D eigenvalue weighted by Crippen LogP contribution is -1.98. The second kappa shape index (κ2) is 2.64. The van der Waals surface area contributed by atoms with Crippen molar-refractivity contribution >= 4 is 5.97 Å². The highest BCUT2D eigenvalue weighted by Crippen LogP contribution is 2.30. The molecule has 0 spiro atoms. The average molecular weight is 168 g/mol. The van der Waals surface area contributed by atoms with Crippen molar-refractivity contribution in [1.29, 1.82) is 0 Å². The van der Waals surface area contributed by atoms with E-state index in [2.05, 4.69) is 4.74 Å². The number of epoxide rings is 1. The molecular formula is C8H8O4. The number of ether oxygens (including phenoxy) is 2. The number of furan rings is 1. The van der Waals surface area contributed by atoms with Gasteiger partial charge in [-0.3, -0.25) is 0 Å². The van der Waals surface area contributed by atoms with Crippen LogP contribution in [0.3, 0.4) is 0 Å². The van der Waals surface area contributed by atoms with Crippen molar-refractivity contribution < 1.29 is 18.7 Å². The first-order valence-corrected chi connectivity index (χ1v) is 3.61. The van der Waals surface area contributed by atoms with E-state index in [9.17, 15) is 4.79 Å². The van der Waals surface area contributed by atoms with Gasteiger partial charge in [-0.15, -0.1) is 0 Å². The monoisotopic (exact) mass is 168 g/mol. The molecule has 1 fully saturated rings. The standard InChI is InChI=1S/C8H8O4/c1-10-8(9)6-3-2-5(12-6)7-4-11-7/h2-3,7H,4H2,1H3. The molecule has 64 valence electrons. The predicted octanol–water partition coefficient (Wildman–Crippen LogP) is 1.14. The molecule has 0 radical (unpaired) electrons. The molecule has 2 heterocycles. The van der Waals surface area contributed by atoms with Crippen LogP contribution in [-0.4, -0.2) is 19.7 Å². The van der Waals surface area contributed by atoms with E-state index < -0.39 is 5.97 Å². The van der Waals surface area contributed by atoms with Gasteiger partial charge >= 0.3 is 5.97 Å². The van der Waals surface area contributed by atoms with Crippen LogP contribution in [0.15, 0.2) is 16.5 Å². The maximum atomic E-state index is 10.9. The minimum atomic E-state index is -0.457. The van der Waals surface area contributed by atoms with E-state index in [0.29, 0.717) is 12.4 Å². The fourth-order valence-corrected chi connectivity index (χ4v) is 0.949. The Morgan fingerprint density at radius 3 is 3.00 bits per heavy atom. The van der Waals surface area contributed by atoms with Crippen LogP contribution in [0, 0.1) is 0 Å². The molecule has 0 bridgehead atoms. The Balaban J connectivity index is 2.17. The molecule has 1 aromatic rings. The van der Waals surface area contributed by atoms with Gasteiger partial charge in [-0.2, -0.15) is 0 Å². The van der Waals surface area contributed by atoms with Crippen molar-refractivity contribution in [2.24, 2.45) is 0 Å². The molecule has 1 unspecified atom stereocenters. The summed E-state index contributed by atoms with van der Waals surface area (Å²) in [6.45, 7) is 0.675. The highest BCUT2D eigenvalue weighted by atomic mass is 16.6. The largest absolute Gasteiger partial charge is 0.463 e. The third-order valence-electron chi connectivity index (χ3n) is 1.66. The minimum Gasteiger partial charge on any atom is -0.463 e. The zero-order valence-corrected chi connectivity index (χ0v) is 6.57. The van der Waals surface area contributed by atoms with Gasteiger partial charge in [0.1, 0.15) is 11.9 Å². The summed E-state index contributed by atoms with van der Waals surface area (Å²) in [7, 11) is 1.32. The van der Waals surface area contributed by atoms with Crippen molar-refractivity contribution in [3.8, 4) is 0 Å². The average Bonchev–Trinajstić information content (AvgIpc) is 2.83. The van der Waals surface area contributed by atoms with Crippen LogP contribution in [0.25, 0.3) is 0 Å². The second-order valence-corrected chi connectivity index (χ2v) is 2.52. The molecule has 1 saturated heterocycles. The zero-order chi connectivity index (χ0) is 8.55. The van der Waals surface area contributed by atoms with Gasteiger partial charge in [-0.05, 0) is 12.1 Å². The highest BCUT2D eigenvalue weighted by Gasteiger charge is 2.29. The SMILES string of the molecule is COC(=O)c1ccc(C2CO2)o1. The summed E-state index contributed by atoms with van der Waals surface area (Å²) < 4.78 is 14.6. The van der Waals surface area contributed by atoms with E-state index in [-0.39, 0.29) is 11.9 Å². The van der Waals surface area contributed by atoms with Gasteiger partial charge in [0.05, 0.1) is 13.7 Å². The normalized spacial score (nSPS) is 20.6. The third kappa shape index (κ3) is 1.21. The smallest absolute Gasteiger partial charge is 0.373 e. The topological polar surface area (TPSA) is 52.0 Å². The molecule has 1 aliphatic heterocycles. The number of hydrogen-bond acceptors (Lipinski definition) is 4. The minimum absolute atomic E-state index is 0.0448. The zero-order valence-electron chi connectivity index (χ0n) is 6.57. The maximum absolute atomic E-state index is 10.9. The van der Waals surface area contributed by atoms with Crippen LogP contribution in [0.5, 0.6) is 0 Å². The van der Waals surface area contributed by atoms with E-state index in [1.54, 1.807) is 12.1 Å². The fraction of sp³-hybridized carbons (Fsp3) is 0.375.